The van der Waals surface area contributed by atoms with Crippen LogP contribution in [0.2, 0.25) is 5.02 Å². The number of benzene rings is 2. The Hall–Kier alpha value is -2.04. The third kappa shape index (κ3) is 3.71. The Morgan fingerprint density at radius 3 is 2.50 bits per heavy atom. The van der Waals surface area contributed by atoms with Crippen molar-refractivity contribution < 1.29 is 4.79 Å². The van der Waals surface area contributed by atoms with Crippen molar-refractivity contribution in [2.24, 2.45) is 0 Å². The second-order valence-corrected chi connectivity index (χ2v) is 6.83. The Labute approximate surface area is 150 Å². The SMILES string of the molecule is CCCc1c(C(=O)Sc2ccc(Cl)cc2)cnn1-c1ccccc1. The minimum atomic E-state index is 0.00273. The van der Waals surface area contributed by atoms with Gasteiger partial charge in [-0.05, 0) is 54.6 Å². The van der Waals surface area contributed by atoms with Crippen molar-refractivity contribution in [3.63, 3.8) is 0 Å². The molecule has 0 bridgehead atoms. The molecule has 122 valence electrons. The van der Waals surface area contributed by atoms with Crippen LogP contribution in [0.4, 0.5) is 0 Å². The van der Waals surface area contributed by atoms with Crippen LogP contribution in [-0.4, -0.2) is 14.9 Å². The third-order valence-corrected chi connectivity index (χ3v) is 4.77. The molecule has 0 aliphatic carbocycles. The summed E-state index contributed by atoms with van der Waals surface area (Å²) in [6.45, 7) is 2.10. The van der Waals surface area contributed by atoms with Crippen LogP contribution in [0, 0.1) is 0 Å². The first-order valence-corrected chi connectivity index (χ1v) is 8.98. The lowest BCUT2D eigenvalue weighted by Gasteiger charge is -2.08. The second kappa shape index (κ2) is 7.69. The fraction of sp³-hybridized carbons (Fsp3) is 0.158. The van der Waals surface area contributed by atoms with Gasteiger partial charge in [0.05, 0.1) is 23.1 Å². The predicted octanol–water partition coefficient (Wildman–Crippen LogP) is 5.41. The van der Waals surface area contributed by atoms with Crippen molar-refractivity contribution in [1.29, 1.82) is 0 Å². The Morgan fingerprint density at radius 2 is 1.83 bits per heavy atom. The minimum Gasteiger partial charge on any atom is -0.281 e. The third-order valence-electron chi connectivity index (χ3n) is 3.60. The summed E-state index contributed by atoms with van der Waals surface area (Å²) in [5.74, 6) is 0. The van der Waals surface area contributed by atoms with Gasteiger partial charge in [-0.1, -0.05) is 43.1 Å². The van der Waals surface area contributed by atoms with Crippen LogP contribution in [-0.2, 0) is 6.42 Å². The van der Waals surface area contributed by atoms with Crippen LogP contribution in [0.5, 0.6) is 0 Å². The maximum absolute atomic E-state index is 12.7. The Bertz CT molecular complexity index is 828. The van der Waals surface area contributed by atoms with Gasteiger partial charge in [-0.2, -0.15) is 5.10 Å². The van der Waals surface area contributed by atoms with Crippen molar-refractivity contribution >= 4 is 28.5 Å². The molecule has 0 saturated heterocycles. The van der Waals surface area contributed by atoms with E-state index in [-0.39, 0.29) is 5.12 Å². The lowest BCUT2D eigenvalue weighted by molar-refractivity contribution is 0.108. The molecule has 3 rings (SSSR count). The minimum absolute atomic E-state index is 0.00273. The Kier molecular flexibility index (Phi) is 5.38. The zero-order chi connectivity index (χ0) is 16.9. The van der Waals surface area contributed by atoms with Crippen molar-refractivity contribution in [1.82, 2.24) is 9.78 Å². The van der Waals surface area contributed by atoms with E-state index in [9.17, 15) is 4.79 Å². The molecule has 0 radical (unpaired) electrons. The standard InChI is InChI=1S/C19H17ClN2OS/c1-2-6-18-17(13-21-22(18)15-7-4-3-5-8-15)19(23)24-16-11-9-14(20)10-12-16/h3-5,7-13H,2,6H2,1H3. The molecule has 0 saturated carbocycles. The Balaban J connectivity index is 1.91. The molecule has 1 aromatic heterocycles. The Morgan fingerprint density at radius 1 is 1.12 bits per heavy atom. The van der Waals surface area contributed by atoms with Gasteiger partial charge in [-0.15, -0.1) is 0 Å². The van der Waals surface area contributed by atoms with Gasteiger partial charge in [0.1, 0.15) is 0 Å². The molecule has 3 aromatic rings. The molecule has 0 unspecified atom stereocenters. The van der Waals surface area contributed by atoms with E-state index in [1.54, 1.807) is 18.3 Å². The van der Waals surface area contributed by atoms with Crippen molar-refractivity contribution in [2.45, 2.75) is 24.7 Å². The molecule has 5 heteroatoms. The number of carbonyl (C=O) groups is 1. The van der Waals surface area contributed by atoms with E-state index in [4.69, 9.17) is 11.6 Å². The first-order valence-electron chi connectivity index (χ1n) is 7.79. The van der Waals surface area contributed by atoms with Gasteiger partial charge in [0.2, 0.25) is 5.12 Å². The van der Waals surface area contributed by atoms with Gasteiger partial charge in [0.15, 0.2) is 0 Å². The van der Waals surface area contributed by atoms with Crippen LogP contribution in [0.1, 0.15) is 29.4 Å². The number of para-hydroxylation sites is 1. The number of nitrogens with zero attached hydrogens (tertiary/aromatic N) is 2. The smallest absolute Gasteiger partial charge is 0.227 e. The molecule has 1 heterocycles. The molecule has 0 fully saturated rings. The van der Waals surface area contributed by atoms with E-state index >= 15 is 0 Å². The van der Waals surface area contributed by atoms with Crippen molar-refractivity contribution in [3.8, 4) is 5.69 Å². The van der Waals surface area contributed by atoms with Gasteiger partial charge in [-0.3, -0.25) is 4.79 Å². The predicted molar refractivity (Wildman–Crippen MR) is 99.2 cm³/mol. The van der Waals surface area contributed by atoms with E-state index in [1.807, 2.05) is 47.1 Å². The maximum atomic E-state index is 12.7. The summed E-state index contributed by atoms with van der Waals surface area (Å²) in [5.41, 5.74) is 2.59. The van der Waals surface area contributed by atoms with Crippen molar-refractivity contribution in [2.75, 3.05) is 0 Å². The largest absolute Gasteiger partial charge is 0.281 e. The van der Waals surface area contributed by atoms with Gasteiger partial charge >= 0.3 is 0 Å². The molecule has 0 aliphatic rings. The molecule has 0 spiro atoms. The summed E-state index contributed by atoms with van der Waals surface area (Å²) >= 11 is 7.10. The van der Waals surface area contributed by atoms with Crippen molar-refractivity contribution in [3.05, 3.63) is 77.1 Å². The molecule has 24 heavy (non-hydrogen) atoms. The average molecular weight is 357 g/mol. The molecule has 2 aromatic carbocycles. The molecular weight excluding hydrogens is 340 g/mol. The van der Waals surface area contributed by atoms with Gasteiger partial charge in [-0.25, -0.2) is 4.68 Å². The van der Waals surface area contributed by atoms with Gasteiger partial charge in [0.25, 0.3) is 0 Å². The number of hydrogen-bond donors (Lipinski definition) is 0. The van der Waals surface area contributed by atoms with Crippen LogP contribution < -0.4 is 0 Å². The number of rotatable bonds is 5. The summed E-state index contributed by atoms with van der Waals surface area (Å²) < 4.78 is 1.86. The van der Waals surface area contributed by atoms with Gasteiger partial charge < -0.3 is 0 Å². The monoisotopic (exact) mass is 356 g/mol. The summed E-state index contributed by atoms with van der Waals surface area (Å²) in [4.78, 5) is 13.6. The summed E-state index contributed by atoms with van der Waals surface area (Å²) in [6, 6.07) is 17.2. The molecule has 3 nitrogen and oxygen atoms in total. The highest BCUT2D eigenvalue weighted by Gasteiger charge is 2.18. The quantitative estimate of drug-likeness (QED) is 0.573. The lowest BCUT2D eigenvalue weighted by atomic mass is 10.1. The summed E-state index contributed by atoms with van der Waals surface area (Å²) in [5, 5.41) is 5.11. The van der Waals surface area contributed by atoms with Crippen LogP contribution in [0.3, 0.4) is 0 Å². The molecule has 0 amide bonds. The summed E-state index contributed by atoms with van der Waals surface area (Å²) in [6.07, 6.45) is 3.42. The number of carbonyl (C=O) groups excluding carboxylic acids is 1. The fourth-order valence-electron chi connectivity index (χ4n) is 2.48. The molecule has 0 atom stereocenters. The highest BCUT2D eigenvalue weighted by Crippen LogP contribution is 2.27. The fourth-order valence-corrected chi connectivity index (χ4v) is 3.37. The van der Waals surface area contributed by atoms with E-state index in [2.05, 4.69) is 12.0 Å². The number of halogens is 1. The summed E-state index contributed by atoms with van der Waals surface area (Å²) in [7, 11) is 0. The number of thioether (sulfide) groups is 1. The molecule has 0 aliphatic heterocycles. The van der Waals surface area contributed by atoms with Gasteiger partial charge in [0, 0.05) is 9.92 Å². The van der Waals surface area contributed by atoms with Crippen LogP contribution in [0.15, 0.2) is 65.7 Å². The van der Waals surface area contributed by atoms with Crippen LogP contribution >= 0.6 is 23.4 Å². The highest BCUT2D eigenvalue weighted by atomic mass is 35.5. The number of aromatic nitrogens is 2. The lowest BCUT2D eigenvalue weighted by Crippen LogP contribution is -2.05. The topological polar surface area (TPSA) is 34.9 Å². The maximum Gasteiger partial charge on any atom is 0.227 e. The highest BCUT2D eigenvalue weighted by molar-refractivity contribution is 8.14. The van der Waals surface area contributed by atoms with E-state index in [1.165, 1.54) is 11.8 Å². The average Bonchev–Trinajstić information content (AvgIpc) is 3.02. The first kappa shape index (κ1) is 16.8. The van der Waals surface area contributed by atoms with Crippen LogP contribution in [0.25, 0.3) is 5.69 Å². The van der Waals surface area contributed by atoms with E-state index < -0.39 is 0 Å². The number of hydrogen-bond acceptors (Lipinski definition) is 3. The second-order valence-electron chi connectivity index (χ2n) is 5.35. The van der Waals surface area contributed by atoms with E-state index in [0.717, 1.165) is 29.1 Å². The zero-order valence-corrected chi connectivity index (χ0v) is 14.8. The van der Waals surface area contributed by atoms with E-state index in [0.29, 0.717) is 10.6 Å². The molecule has 0 N–H and O–H groups in total. The normalized spacial score (nSPS) is 10.8. The molecular formula is C19H17ClN2OS. The zero-order valence-electron chi connectivity index (χ0n) is 13.3. The first-order chi connectivity index (χ1) is 11.7.